The van der Waals surface area contributed by atoms with E-state index in [1.54, 1.807) is 27.6 Å². The minimum Gasteiger partial charge on any atom is -0.494 e. The van der Waals surface area contributed by atoms with Crippen LogP contribution in [0.4, 0.5) is 20.3 Å². The summed E-state index contributed by atoms with van der Waals surface area (Å²) in [6, 6.07) is 7.51. The van der Waals surface area contributed by atoms with Crippen molar-refractivity contribution in [1.29, 1.82) is 0 Å². The number of aromatic nitrogens is 3. The van der Waals surface area contributed by atoms with Gasteiger partial charge in [0.2, 0.25) is 11.7 Å². The molecule has 13 heteroatoms. The van der Waals surface area contributed by atoms with Gasteiger partial charge in [-0.3, -0.25) is 14.0 Å². The van der Waals surface area contributed by atoms with Gasteiger partial charge in [0.1, 0.15) is 0 Å². The Morgan fingerprint density at radius 3 is 2.75 bits per heavy atom. The zero-order valence-corrected chi connectivity index (χ0v) is 24.3. The van der Waals surface area contributed by atoms with Crippen molar-refractivity contribution in [3.63, 3.8) is 0 Å². The number of β-amino-alcohol motifs (C(OH)–C–C–N with tert-alkyl or cyclic N) is 1. The predicted octanol–water partition coefficient (Wildman–Crippen LogP) is 3.18. The summed E-state index contributed by atoms with van der Waals surface area (Å²) >= 11 is 0. The topological polar surface area (TPSA) is 133 Å². The summed E-state index contributed by atoms with van der Waals surface area (Å²) in [5.74, 6) is -2.19. The molecule has 2 saturated heterocycles. The standard InChI is InChI=1S/C31H33F2N7O4/c1-17-12-18(5-6-21(17)30(42)38-19-4-3-10-39(16-19)31(43)23-13-20(41)14-35-23)37-28-29-36-15-24(40(29)11-9-34-28)22-7-8-25(44-2)27(33)26(22)32/h5-9,11-12,15,19-20,23,35,41H,3-4,10,13-14,16H2,1-2H3,(H,34,37)(H,38,42). The number of hydrogen-bond donors (Lipinski definition) is 4. The number of benzene rings is 2. The molecule has 11 nitrogen and oxygen atoms in total. The van der Waals surface area contributed by atoms with Crippen molar-refractivity contribution < 1.29 is 28.2 Å². The van der Waals surface area contributed by atoms with Crippen LogP contribution in [0.25, 0.3) is 16.9 Å². The zero-order valence-electron chi connectivity index (χ0n) is 24.3. The maximum Gasteiger partial charge on any atom is 0.251 e. The average molecular weight is 606 g/mol. The van der Waals surface area contributed by atoms with Gasteiger partial charge in [-0.2, -0.15) is 4.39 Å². The average Bonchev–Trinajstić information content (AvgIpc) is 3.65. The van der Waals surface area contributed by atoms with E-state index in [0.717, 1.165) is 18.4 Å². The molecule has 0 aliphatic carbocycles. The van der Waals surface area contributed by atoms with Gasteiger partial charge in [-0.15, -0.1) is 0 Å². The highest BCUT2D eigenvalue weighted by atomic mass is 19.2. The second-order valence-electron chi connectivity index (χ2n) is 11.2. The lowest BCUT2D eigenvalue weighted by atomic mass is 10.0. The van der Waals surface area contributed by atoms with Gasteiger partial charge in [-0.05, 0) is 62.1 Å². The number of carbonyl (C=O) groups is 2. The maximum absolute atomic E-state index is 14.8. The summed E-state index contributed by atoms with van der Waals surface area (Å²) in [5.41, 5.74) is 2.66. The molecule has 2 amide bonds. The van der Waals surface area contributed by atoms with Crippen LogP contribution >= 0.6 is 0 Å². The number of hydrogen-bond acceptors (Lipinski definition) is 8. The summed E-state index contributed by atoms with van der Waals surface area (Å²) in [6.07, 6.45) is 6.01. The lowest BCUT2D eigenvalue weighted by molar-refractivity contribution is -0.134. The van der Waals surface area contributed by atoms with Gasteiger partial charge in [0, 0.05) is 54.9 Å². The molecule has 2 fully saturated rings. The lowest BCUT2D eigenvalue weighted by Crippen LogP contribution is -2.53. The molecule has 0 saturated carbocycles. The summed E-state index contributed by atoms with van der Waals surface area (Å²) in [6.45, 7) is 3.29. The third-order valence-electron chi connectivity index (χ3n) is 8.18. The van der Waals surface area contributed by atoms with E-state index in [9.17, 15) is 23.5 Å². The summed E-state index contributed by atoms with van der Waals surface area (Å²) < 4.78 is 35.7. The molecule has 3 atom stereocenters. The van der Waals surface area contributed by atoms with Gasteiger partial charge in [0.25, 0.3) is 5.91 Å². The van der Waals surface area contributed by atoms with Crippen LogP contribution in [0.1, 0.15) is 35.2 Å². The number of piperidine rings is 1. The van der Waals surface area contributed by atoms with E-state index < -0.39 is 17.7 Å². The smallest absolute Gasteiger partial charge is 0.251 e. The van der Waals surface area contributed by atoms with E-state index >= 15 is 0 Å². The second kappa shape index (κ2) is 12.2. The number of aliphatic hydroxyl groups excluding tert-OH is 1. The highest BCUT2D eigenvalue weighted by Crippen LogP contribution is 2.31. The van der Waals surface area contributed by atoms with Gasteiger partial charge < -0.3 is 30.7 Å². The van der Waals surface area contributed by atoms with Crippen LogP contribution in [0.2, 0.25) is 0 Å². The number of aryl methyl sites for hydroxylation is 1. The first-order valence-corrected chi connectivity index (χ1v) is 14.5. The molecule has 230 valence electrons. The Bertz CT molecular complexity index is 1730. The Kier molecular flexibility index (Phi) is 8.15. The molecule has 0 bridgehead atoms. The Morgan fingerprint density at radius 2 is 2.00 bits per heavy atom. The maximum atomic E-state index is 14.8. The number of methoxy groups -OCH3 is 1. The Labute approximate surface area is 252 Å². The van der Waals surface area contributed by atoms with Crippen molar-refractivity contribution in [2.75, 3.05) is 32.1 Å². The molecule has 2 aliphatic rings. The SMILES string of the molecule is COc1ccc(-c2cnc3c(Nc4ccc(C(=O)NC5CCCN(C(=O)C6CC(O)CN6)C5)c(C)c4)nccn23)c(F)c1F. The number of ether oxygens (including phenoxy) is 1. The fourth-order valence-corrected chi connectivity index (χ4v) is 5.91. The normalized spacial score (nSPS) is 20.1. The monoisotopic (exact) mass is 605 g/mol. The van der Waals surface area contributed by atoms with Crippen molar-refractivity contribution in [1.82, 2.24) is 29.9 Å². The van der Waals surface area contributed by atoms with Gasteiger partial charge in [-0.25, -0.2) is 14.4 Å². The fraction of sp³-hybridized carbons (Fsp3) is 0.355. The molecule has 2 aromatic heterocycles. The highest BCUT2D eigenvalue weighted by molar-refractivity contribution is 5.96. The van der Waals surface area contributed by atoms with Crippen LogP contribution in [-0.2, 0) is 4.79 Å². The molecule has 0 spiro atoms. The molecule has 0 radical (unpaired) electrons. The van der Waals surface area contributed by atoms with Crippen LogP contribution < -0.4 is 20.7 Å². The number of halogens is 2. The number of amides is 2. The van der Waals surface area contributed by atoms with Gasteiger partial charge in [0.05, 0.1) is 31.1 Å². The molecule has 2 aliphatic heterocycles. The van der Waals surface area contributed by atoms with E-state index in [1.165, 1.54) is 31.6 Å². The second-order valence-corrected chi connectivity index (χ2v) is 11.2. The summed E-state index contributed by atoms with van der Waals surface area (Å²) in [4.78, 5) is 36.6. The number of nitrogens with one attached hydrogen (secondary N) is 3. The Morgan fingerprint density at radius 1 is 1.16 bits per heavy atom. The number of carbonyl (C=O) groups excluding carboxylic acids is 2. The fourth-order valence-electron chi connectivity index (χ4n) is 5.91. The molecule has 4 aromatic rings. The third-order valence-corrected chi connectivity index (χ3v) is 8.18. The quantitative estimate of drug-likeness (QED) is 0.253. The van der Waals surface area contributed by atoms with E-state index in [2.05, 4.69) is 25.9 Å². The molecule has 44 heavy (non-hydrogen) atoms. The number of aliphatic hydroxyl groups is 1. The first-order chi connectivity index (χ1) is 21.2. The third kappa shape index (κ3) is 5.67. The van der Waals surface area contributed by atoms with E-state index in [0.29, 0.717) is 54.5 Å². The van der Waals surface area contributed by atoms with Crippen LogP contribution in [0.5, 0.6) is 5.75 Å². The number of fused-ring (bicyclic) bond motifs is 1. The predicted molar refractivity (Wildman–Crippen MR) is 159 cm³/mol. The van der Waals surface area contributed by atoms with Crippen LogP contribution in [0.15, 0.2) is 48.9 Å². The van der Waals surface area contributed by atoms with Crippen molar-refractivity contribution in [2.45, 2.75) is 44.4 Å². The van der Waals surface area contributed by atoms with Crippen molar-refractivity contribution in [3.05, 3.63) is 71.7 Å². The largest absolute Gasteiger partial charge is 0.494 e. The van der Waals surface area contributed by atoms with Crippen LogP contribution in [-0.4, -0.2) is 81.1 Å². The van der Waals surface area contributed by atoms with Gasteiger partial charge >= 0.3 is 0 Å². The number of anilines is 2. The Hall–Kier alpha value is -4.62. The zero-order chi connectivity index (χ0) is 31.0. The minimum absolute atomic E-state index is 0.0265. The summed E-state index contributed by atoms with van der Waals surface area (Å²) in [5, 5.41) is 19.1. The van der Waals surface area contributed by atoms with Crippen molar-refractivity contribution >= 4 is 29.0 Å². The minimum atomic E-state index is -1.08. The van der Waals surface area contributed by atoms with Crippen LogP contribution in [0.3, 0.4) is 0 Å². The Balaban J connectivity index is 1.15. The van der Waals surface area contributed by atoms with E-state index in [1.807, 2.05) is 13.0 Å². The number of nitrogens with zero attached hydrogens (tertiary/aromatic N) is 4. The van der Waals surface area contributed by atoms with E-state index in [4.69, 9.17) is 4.74 Å². The molecule has 2 aromatic carbocycles. The number of rotatable bonds is 7. The molecule has 6 rings (SSSR count). The van der Waals surface area contributed by atoms with Crippen LogP contribution in [0, 0.1) is 18.6 Å². The molecular formula is C31H33F2N7O4. The molecular weight excluding hydrogens is 572 g/mol. The molecule has 3 unspecified atom stereocenters. The highest BCUT2D eigenvalue weighted by Gasteiger charge is 2.34. The summed E-state index contributed by atoms with van der Waals surface area (Å²) in [7, 11) is 1.27. The lowest BCUT2D eigenvalue weighted by Gasteiger charge is -2.34. The number of likely N-dealkylation sites (tertiary alicyclic amines) is 1. The first-order valence-electron chi connectivity index (χ1n) is 14.5. The number of imidazole rings is 1. The molecule has 4 heterocycles. The first kappa shape index (κ1) is 29.5. The molecule has 4 N–H and O–H groups in total. The van der Waals surface area contributed by atoms with Gasteiger partial charge in [-0.1, -0.05) is 0 Å². The van der Waals surface area contributed by atoms with E-state index in [-0.39, 0.29) is 35.2 Å². The van der Waals surface area contributed by atoms with Crippen molar-refractivity contribution in [3.8, 4) is 17.0 Å². The van der Waals surface area contributed by atoms with Crippen molar-refractivity contribution in [2.24, 2.45) is 0 Å². The van der Waals surface area contributed by atoms with Gasteiger partial charge in [0.15, 0.2) is 23.0 Å².